The van der Waals surface area contributed by atoms with Gasteiger partial charge in [0, 0.05) is 13.1 Å². The normalized spacial score (nSPS) is 16.3. The first-order valence-corrected chi connectivity index (χ1v) is 5.87. The molecule has 0 fully saturated rings. The summed E-state index contributed by atoms with van der Waals surface area (Å²) in [6.07, 6.45) is 5.31. The Morgan fingerprint density at radius 1 is 1.50 bits per heavy atom. The van der Waals surface area contributed by atoms with E-state index in [0.29, 0.717) is 0 Å². The Kier molecular flexibility index (Phi) is 3.01. The number of nitrogens with zero attached hydrogens (tertiary/aromatic N) is 3. The van der Waals surface area contributed by atoms with Crippen LogP contribution in [-0.4, -0.2) is 23.1 Å². The van der Waals surface area contributed by atoms with E-state index in [4.69, 9.17) is 0 Å². The van der Waals surface area contributed by atoms with Gasteiger partial charge in [0.25, 0.3) is 0 Å². The van der Waals surface area contributed by atoms with Gasteiger partial charge in [-0.15, -0.1) is 0 Å². The Morgan fingerprint density at radius 3 is 3.14 bits per heavy atom. The highest BCUT2D eigenvalue weighted by molar-refractivity contribution is 9.10. The van der Waals surface area contributed by atoms with Crippen LogP contribution in [0.15, 0.2) is 10.8 Å². The Labute approximate surface area is 92.7 Å². The molecule has 0 aromatic carbocycles. The van der Waals surface area contributed by atoms with Gasteiger partial charge >= 0.3 is 0 Å². The maximum Gasteiger partial charge on any atom is 0.151 e. The fourth-order valence-electron chi connectivity index (χ4n) is 1.82. The van der Waals surface area contributed by atoms with E-state index in [-0.39, 0.29) is 0 Å². The van der Waals surface area contributed by atoms with Crippen LogP contribution in [0.2, 0.25) is 0 Å². The zero-order valence-electron chi connectivity index (χ0n) is 8.33. The first-order valence-electron chi connectivity index (χ1n) is 5.07. The molecule has 1 aromatic rings. The van der Waals surface area contributed by atoms with E-state index < -0.39 is 0 Å². The summed E-state index contributed by atoms with van der Waals surface area (Å²) in [5.41, 5.74) is 1.15. The molecule has 2 heterocycles. The van der Waals surface area contributed by atoms with E-state index in [2.05, 4.69) is 37.7 Å². The lowest BCUT2D eigenvalue weighted by Gasteiger charge is -2.20. The monoisotopic (exact) mass is 255 g/mol. The molecule has 0 bridgehead atoms. The standard InChI is InChI=1S/C10H14BrN3/c1-2-14-6-4-3-5-8-10(14)13-9(11)7-12-8/h7H,2-6H2,1H3. The fraction of sp³-hybridized carbons (Fsp3) is 0.600. The number of halogens is 1. The van der Waals surface area contributed by atoms with E-state index in [0.717, 1.165) is 35.6 Å². The summed E-state index contributed by atoms with van der Waals surface area (Å²) in [6.45, 7) is 4.28. The molecule has 0 saturated heterocycles. The third-order valence-electron chi connectivity index (χ3n) is 2.57. The zero-order chi connectivity index (χ0) is 9.97. The van der Waals surface area contributed by atoms with Gasteiger partial charge in [0.05, 0.1) is 11.9 Å². The summed E-state index contributed by atoms with van der Waals surface area (Å²) in [6, 6.07) is 0. The lowest BCUT2D eigenvalue weighted by molar-refractivity contribution is 0.722. The third kappa shape index (κ3) is 1.90. The minimum atomic E-state index is 0.830. The van der Waals surface area contributed by atoms with Crippen molar-refractivity contribution in [1.29, 1.82) is 0 Å². The largest absolute Gasteiger partial charge is 0.355 e. The second-order valence-corrected chi connectivity index (χ2v) is 4.31. The van der Waals surface area contributed by atoms with Crippen molar-refractivity contribution in [2.45, 2.75) is 26.2 Å². The van der Waals surface area contributed by atoms with Crippen LogP contribution in [0.1, 0.15) is 25.5 Å². The molecule has 0 amide bonds. The van der Waals surface area contributed by atoms with Crippen molar-refractivity contribution in [2.75, 3.05) is 18.0 Å². The number of aryl methyl sites for hydroxylation is 1. The van der Waals surface area contributed by atoms with Gasteiger partial charge in [0.2, 0.25) is 0 Å². The van der Waals surface area contributed by atoms with Crippen molar-refractivity contribution in [3.05, 3.63) is 16.5 Å². The molecular formula is C10H14BrN3. The highest BCUT2D eigenvalue weighted by Gasteiger charge is 2.16. The summed E-state index contributed by atoms with van der Waals surface area (Å²) in [7, 11) is 0. The molecular weight excluding hydrogens is 242 g/mol. The predicted octanol–water partition coefficient (Wildman–Crippen LogP) is 2.40. The van der Waals surface area contributed by atoms with E-state index in [9.17, 15) is 0 Å². The molecule has 0 atom stereocenters. The average molecular weight is 256 g/mol. The number of anilines is 1. The zero-order valence-corrected chi connectivity index (χ0v) is 9.92. The smallest absolute Gasteiger partial charge is 0.151 e. The van der Waals surface area contributed by atoms with Crippen molar-refractivity contribution in [3.63, 3.8) is 0 Å². The molecule has 3 nitrogen and oxygen atoms in total. The molecule has 0 aliphatic carbocycles. The van der Waals surface area contributed by atoms with Crippen LogP contribution in [-0.2, 0) is 6.42 Å². The average Bonchev–Trinajstić information content (AvgIpc) is 2.39. The van der Waals surface area contributed by atoms with Crippen molar-refractivity contribution in [2.24, 2.45) is 0 Å². The van der Waals surface area contributed by atoms with Crippen LogP contribution in [0.4, 0.5) is 5.82 Å². The molecule has 0 radical (unpaired) electrons. The topological polar surface area (TPSA) is 29.0 Å². The number of fused-ring (bicyclic) bond motifs is 1. The van der Waals surface area contributed by atoms with Crippen LogP contribution in [0, 0.1) is 0 Å². The molecule has 1 aliphatic heterocycles. The van der Waals surface area contributed by atoms with Crippen LogP contribution < -0.4 is 4.90 Å². The van der Waals surface area contributed by atoms with E-state index >= 15 is 0 Å². The van der Waals surface area contributed by atoms with Crippen LogP contribution in [0.25, 0.3) is 0 Å². The highest BCUT2D eigenvalue weighted by Crippen LogP contribution is 2.23. The van der Waals surface area contributed by atoms with Crippen molar-refractivity contribution >= 4 is 21.7 Å². The van der Waals surface area contributed by atoms with Crippen LogP contribution in [0.3, 0.4) is 0 Å². The molecule has 4 heteroatoms. The Bertz CT molecular complexity index is 327. The van der Waals surface area contributed by atoms with E-state index in [1.807, 2.05) is 0 Å². The van der Waals surface area contributed by atoms with Gasteiger partial charge < -0.3 is 4.90 Å². The van der Waals surface area contributed by atoms with Gasteiger partial charge in [-0.1, -0.05) is 0 Å². The first-order chi connectivity index (χ1) is 6.81. The summed E-state index contributed by atoms with van der Waals surface area (Å²) in [5, 5.41) is 0. The van der Waals surface area contributed by atoms with Gasteiger partial charge in [-0.25, -0.2) is 4.98 Å². The predicted molar refractivity (Wildman–Crippen MR) is 60.6 cm³/mol. The highest BCUT2D eigenvalue weighted by atomic mass is 79.9. The molecule has 0 saturated carbocycles. The van der Waals surface area contributed by atoms with Crippen LogP contribution in [0.5, 0.6) is 0 Å². The van der Waals surface area contributed by atoms with Gasteiger partial charge in [0.15, 0.2) is 5.82 Å². The molecule has 1 aliphatic rings. The quantitative estimate of drug-likeness (QED) is 0.772. The Balaban J connectivity index is 2.40. The number of rotatable bonds is 1. The van der Waals surface area contributed by atoms with Gasteiger partial charge in [-0.3, -0.25) is 4.98 Å². The molecule has 0 spiro atoms. The summed E-state index contributed by atoms with van der Waals surface area (Å²) >= 11 is 3.37. The number of hydrogen-bond acceptors (Lipinski definition) is 3. The Hall–Kier alpha value is -0.640. The molecule has 0 unspecified atom stereocenters. The van der Waals surface area contributed by atoms with Crippen molar-refractivity contribution in [3.8, 4) is 0 Å². The second-order valence-electron chi connectivity index (χ2n) is 3.50. The summed E-state index contributed by atoms with van der Waals surface area (Å²) in [5.74, 6) is 1.07. The van der Waals surface area contributed by atoms with E-state index in [1.165, 1.54) is 12.8 Å². The summed E-state index contributed by atoms with van der Waals surface area (Å²) in [4.78, 5) is 11.2. The Morgan fingerprint density at radius 2 is 2.36 bits per heavy atom. The molecule has 1 aromatic heterocycles. The van der Waals surface area contributed by atoms with Crippen LogP contribution >= 0.6 is 15.9 Å². The van der Waals surface area contributed by atoms with Crippen molar-refractivity contribution in [1.82, 2.24) is 9.97 Å². The lowest BCUT2D eigenvalue weighted by atomic mass is 10.2. The molecule has 14 heavy (non-hydrogen) atoms. The maximum absolute atomic E-state index is 4.51. The number of hydrogen-bond donors (Lipinski definition) is 0. The molecule has 76 valence electrons. The SMILES string of the molecule is CCN1CCCCc2ncc(Br)nc21. The van der Waals surface area contributed by atoms with E-state index in [1.54, 1.807) is 6.20 Å². The second kappa shape index (κ2) is 4.26. The molecule has 2 rings (SSSR count). The van der Waals surface area contributed by atoms with Gasteiger partial charge in [0.1, 0.15) is 4.60 Å². The minimum absolute atomic E-state index is 0.830. The fourth-order valence-corrected chi connectivity index (χ4v) is 2.09. The maximum atomic E-state index is 4.51. The van der Waals surface area contributed by atoms with Crippen molar-refractivity contribution < 1.29 is 0 Å². The summed E-state index contributed by atoms with van der Waals surface area (Å²) < 4.78 is 0.830. The minimum Gasteiger partial charge on any atom is -0.355 e. The number of aromatic nitrogens is 2. The third-order valence-corrected chi connectivity index (χ3v) is 2.95. The molecule has 0 N–H and O–H groups in total. The van der Waals surface area contributed by atoms with Gasteiger partial charge in [-0.2, -0.15) is 0 Å². The first kappa shape index (κ1) is 9.90. The van der Waals surface area contributed by atoms with Gasteiger partial charge in [-0.05, 0) is 42.1 Å². The lowest BCUT2D eigenvalue weighted by Crippen LogP contribution is -2.24.